The molecule has 18 heavy (non-hydrogen) atoms. The number of rotatable bonds is 6. The van der Waals surface area contributed by atoms with Gasteiger partial charge in [-0.25, -0.2) is 0 Å². The third-order valence-electron chi connectivity index (χ3n) is 5.19. The van der Waals surface area contributed by atoms with Crippen LogP contribution in [0, 0.1) is 11.8 Å². The summed E-state index contributed by atoms with van der Waals surface area (Å²) < 4.78 is 0. The Hall–Kier alpha value is -0.0800. The molecule has 1 heterocycles. The maximum atomic E-state index is 3.88. The zero-order chi connectivity index (χ0) is 12.5. The summed E-state index contributed by atoms with van der Waals surface area (Å²) in [6.45, 7) is 7.50. The van der Waals surface area contributed by atoms with Crippen molar-refractivity contribution in [2.24, 2.45) is 11.8 Å². The molecule has 2 aliphatic carbocycles. The van der Waals surface area contributed by atoms with Crippen molar-refractivity contribution in [3.05, 3.63) is 0 Å². The summed E-state index contributed by atoms with van der Waals surface area (Å²) in [5.74, 6) is 1.97. The van der Waals surface area contributed by atoms with Gasteiger partial charge in [0.15, 0.2) is 0 Å². The van der Waals surface area contributed by atoms with E-state index in [0.29, 0.717) is 0 Å². The standard InChI is InChI=1S/C16H30N2/c1-3-4-13-9-16(17-15-7-8-15)11-18(10-13)12(2)14-5-6-14/h12-17H,3-11H2,1-2H3. The molecule has 2 saturated carbocycles. The summed E-state index contributed by atoms with van der Waals surface area (Å²) in [6, 6.07) is 2.49. The summed E-state index contributed by atoms with van der Waals surface area (Å²) >= 11 is 0. The van der Waals surface area contributed by atoms with Crippen LogP contribution in [-0.2, 0) is 0 Å². The summed E-state index contributed by atoms with van der Waals surface area (Å²) in [6.07, 6.45) is 10.0. The average Bonchev–Trinajstić information content (AvgIpc) is 3.22. The van der Waals surface area contributed by atoms with Crippen LogP contribution >= 0.6 is 0 Å². The minimum Gasteiger partial charge on any atom is -0.310 e. The number of piperidine rings is 1. The largest absolute Gasteiger partial charge is 0.310 e. The van der Waals surface area contributed by atoms with E-state index in [4.69, 9.17) is 0 Å². The van der Waals surface area contributed by atoms with E-state index in [9.17, 15) is 0 Å². The first-order valence-electron chi connectivity index (χ1n) is 8.26. The van der Waals surface area contributed by atoms with Crippen LogP contribution in [0.25, 0.3) is 0 Å². The van der Waals surface area contributed by atoms with Gasteiger partial charge in [0.2, 0.25) is 0 Å². The highest BCUT2D eigenvalue weighted by atomic mass is 15.2. The number of likely N-dealkylation sites (tertiary alicyclic amines) is 1. The third-order valence-corrected chi connectivity index (χ3v) is 5.19. The molecule has 104 valence electrons. The minimum atomic E-state index is 0.781. The van der Waals surface area contributed by atoms with Gasteiger partial charge in [0.25, 0.3) is 0 Å². The van der Waals surface area contributed by atoms with Crippen LogP contribution < -0.4 is 5.32 Å². The molecule has 0 radical (unpaired) electrons. The first kappa shape index (κ1) is 12.9. The third kappa shape index (κ3) is 3.27. The second-order valence-electron chi connectivity index (χ2n) is 7.06. The Morgan fingerprint density at radius 2 is 1.89 bits per heavy atom. The first-order valence-corrected chi connectivity index (χ1v) is 8.26. The molecule has 1 aliphatic heterocycles. The Morgan fingerprint density at radius 3 is 2.50 bits per heavy atom. The molecule has 2 heteroatoms. The zero-order valence-electron chi connectivity index (χ0n) is 12.2. The van der Waals surface area contributed by atoms with Crippen molar-refractivity contribution in [2.45, 2.75) is 76.9 Å². The Bertz CT molecular complexity index is 270. The van der Waals surface area contributed by atoms with Gasteiger partial charge in [-0.15, -0.1) is 0 Å². The van der Waals surface area contributed by atoms with Crippen molar-refractivity contribution >= 4 is 0 Å². The van der Waals surface area contributed by atoms with E-state index < -0.39 is 0 Å². The lowest BCUT2D eigenvalue weighted by atomic mass is 9.89. The van der Waals surface area contributed by atoms with E-state index in [1.165, 1.54) is 58.0 Å². The highest BCUT2D eigenvalue weighted by Gasteiger charge is 2.37. The van der Waals surface area contributed by atoms with E-state index in [-0.39, 0.29) is 0 Å². The fraction of sp³-hybridized carbons (Fsp3) is 1.00. The van der Waals surface area contributed by atoms with E-state index in [2.05, 4.69) is 24.1 Å². The maximum absolute atomic E-state index is 3.88. The molecule has 0 amide bonds. The number of nitrogens with zero attached hydrogens (tertiary/aromatic N) is 1. The second kappa shape index (κ2) is 5.50. The Morgan fingerprint density at radius 1 is 1.11 bits per heavy atom. The fourth-order valence-electron chi connectivity index (χ4n) is 3.77. The predicted octanol–water partition coefficient (Wildman–Crippen LogP) is 3.03. The summed E-state index contributed by atoms with van der Waals surface area (Å²) in [4.78, 5) is 2.81. The lowest BCUT2D eigenvalue weighted by Gasteiger charge is -2.41. The molecule has 3 fully saturated rings. The fourth-order valence-corrected chi connectivity index (χ4v) is 3.77. The Balaban J connectivity index is 1.57. The molecule has 0 bridgehead atoms. The normalized spacial score (nSPS) is 35.7. The van der Waals surface area contributed by atoms with Gasteiger partial charge < -0.3 is 5.32 Å². The van der Waals surface area contributed by atoms with E-state index in [1.807, 2.05) is 0 Å². The quantitative estimate of drug-likeness (QED) is 0.779. The predicted molar refractivity (Wildman–Crippen MR) is 76.7 cm³/mol. The van der Waals surface area contributed by atoms with Gasteiger partial charge >= 0.3 is 0 Å². The SMILES string of the molecule is CCCC1CC(NC2CC2)CN(C(C)C2CC2)C1. The van der Waals surface area contributed by atoms with Crippen LogP contribution in [0.15, 0.2) is 0 Å². The number of hydrogen-bond acceptors (Lipinski definition) is 2. The van der Waals surface area contributed by atoms with Crippen molar-refractivity contribution in [1.82, 2.24) is 10.2 Å². The van der Waals surface area contributed by atoms with E-state index >= 15 is 0 Å². The van der Waals surface area contributed by atoms with Crippen molar-refractivity contribution in [3.63, 3.8) is 0 Å². The second-order valence-corrected chi connectivity index (χ2v) is 7.06. The van der Waals surface area contributed by atoms with Gasteiger partial charge in [0.05, 0.1) is 0 Å². The van der Waals surface area contributed by atoms with Gasteiger partial charge in [-0.3, -0.25) is 4.90 Å². The molecule has 2 nitrogen and oxygen atoms in total. The van der Waals surface area contributed by atoms with Crippen LogP contribution in [-0.4, -0.2) is 36.1 Å². The van der Waals surface area contributed by atoms with Gasteiger partial charge in [-0.05, 0) is 57.3 Å². The van der Waals surface area contributed by atoms with Gasteiger partial charge in [0, 0.05) is 31.2 Å². The Kier molecular flexibility index (Phi) is 3.95. The smallest absolute Gasteiger partial charge is 0.0200 e. The van der Waals surface area contributed by atoms with Gasteiger partial charge in [0.1, 0.15) is 0 Å². The van der Waals surface area contributed by atoms with Crippen LogP contribution in [0.3, 0.4) is 0 Å². The molecule has 0 aromatic carbocycles. The topological polar surface area (TPSA) is 15.3 Å². The lowest BCUT2D eigenvalue weighted by molar-refractivity contribution is 0.0899. The van der Waals surface area contributed by atoms with E-state index in [0.717, 1.165) is 30.0 Å². The van der Waals surface area contributed by atoms with Crippen LogP contribution in [0.5, 0.6) is 0 Å². The molecule has 3 unspecified atom stereocenters. The zero-order valence-corrected chi connectivity index (χ0v) is 12.2. The minimum absolute atomic E-state index is 0.781. The number of nitrogens with one attached hydrogen (secondary N) is 1. The van der Waals surface area contributed by atoms with E-state index in [1.54, 1.807) is 0 Å². The number of hydrogen-bond donors (Lipinski definition) is 1. The monoisotopic (exact) mass is 250 g/mol. The molecule has 3 aliphatic rings. The highest BCUT2D eigenvalue weighted by molar-refractivity contribution is 4.94. The van der Waals surface area contributed by atoms with Crippen molar-refractivity contribution < 1.29 is 0 Å². The van der Waals surface area contributed by atoms with Crippen molar-refractivity contribution in [2.75, 3.05) is 13.1 Å². The van der Waals surface area contributed by atoms with Crippen LogP contribution in [0.4, 0.5) is 0 Å². The van der Waals surface area contributed by atoms with Gasteiger partial charge in [-0.2, -0.15) is 0 Å². The first-order chi connectivity index (χ1) is 8.76. The summed E-state index contributed by atoms with van der Waals surface area (Å²) in [7, 11) is 0. The summed E-state index contributed by atoms with van der Waals surface area (Å²) in [5, 5.41) is 3.88. The van der Waals surface area contributed by atoms with Crippen LogP contribution in [0.2, 0.25) is 0 Å². The molecule has 1 N–H and O–H groups in total. The Labute approximate surface area is 113 Å². The molecule has 0 aromatic rings. The molecule has 0 aromatic heterocycles. The molecular weight excluding hydrogens is 220 g/mol. The molecule has 3 rings (SSSR count). The average molecular weight is 250 g/mol. The lowest BCUT2D eigenvalue weighted by Crippen LogP contribution is -2.53. The molecule has 3 atom stereocenters. The maximum Gasteiger partial charge on any atom is 0.0200 e. The highest BCUT2D eigenvalue weighted by Crippen LogP contribution is 2.37. The van der Waals surface area contributed by atoms with Crippen molar-refractivity contribution in [1.29, 1.82) is 0 Å². The van der Waals surface area contributed by atoms with Crippen LogP contribution in [0.1, 0.15) is 58.8 Å². The summed E-state index contributed by atoms with van der Waals surface area (Å²) in [5.41, 5.74) is 0. The van der Waals surface area contributed by atoms with Gasteiger partial charge in [-0.1, -0.05) is 13.3 Å². The van der Waals surface area contributed by atoms with Crippen molar-refractivity contribution in [3.8, 4) is 0 Å². The molecule has 1 saturated heterocycles. The molecule has 0 spiro atoms. The molecular formula is C16H30N2.